The fraction of sp³-hybridized carbons (Fsp3) is 0.538. The molecule has 0 atom stereocenters. The summed E-state index contributed by atoms with van der Waals surface area (Å²) < 4.78 is 46.6. The van der Waals surface area contributed by atoms with Crippen molar-refractivity contribution in [3.8, 4) is 0 Å². The topological polar surface area (TPSA) is 97.5 Å². The second-order valence-corrected chi connectivity index (χ2v) is 8.91. The van der Waals surface area contributed by atoms with E-state index < -0.39 is 19.9 Å². The summed E-state index contributed by atoms with van der Waals surface area (Å²) in [6.45, 7) is 2.88. The number of likely N-dealkylation sites (tertiary alicyclic amines) is 1. The van der Waals surface area contributed by atoms with E-state index in [4.69, 9.17) is 5.14 Å². The molecule has 2 N–H and O–H groups in total. The van der Waals surface area contributed by atoms with E-state index in [1.165, 1.54) is 37.1 Å². The summed E-state index contributed by atoms with van der Waals surface area (Å²) >= 11 is 0. The Morgan fingerprint density at radius 2 is 1.48 bits per heavy atom. The standard InChI is InChI=1S/C13H20N2O4S2/c14-21(18,19)13-6-4-12(5-7-13)20(16,17)11-3-10-15-8-1-2-9-15/h4-7H,1-3,8-11H2,(H2,14,18,19). The lowest BCUT2D eigenvalue weighted by Gasteiger charge is -2.14. The Labute approximate surface area is 125 Å². The molecule has 0 spiro atoms. The van der Waals surface area contributed by atoms with E-state index in [1.807, 2.05) is 0 Å². The van der Waals surface area contributed by atoms with Crippen molar-refractivity contribution in [1.29, 1.82) is 0 Å². The fourth-order valence-corrected chi connectivity index (χ4v) is 4.25. The average Bonchev–Trinajstić information content (AvgIpc) is 2.91. The van der Waals surface area contributed by atoms with Gasteiger partial charge in [-0.05, 0) is 63.2 Å². The highest BCUT2D eigenvalue weighted by Gasteiger charge is 2.17. The molecule has 0 bridgehead atoms. The number of sulfone groups is 1. The molecule has 2 rings (SSSR count). The molecule has 1 aliphatic rings. The van der Waals surface area contributed by atoms with Crippen molar-refractivity contribution >= 4 is 19.9 Å². The molecule has 0 aromatic heterocycles. The third-order valence-corrected chi connectivity index (χ3v) is 6.34. The van der Waals surface area contributed by atoms with Crippen molar-refractivity contribution in [1.82, 2.24) is 4.90 Å². The summed E-state index contributed by atoms with van der Waals surface area (Å²) in [5.41, 5.74) is 0. The summed E-state index contributed by atoms with van der Waals surface area (Å²) in [4.78, 5) is 2.31. The Kier molecular flexibility index (Phi) is 5.03. The summed E-state index contributed by atoms with van der Waals surface area (Å²) in [6.07, 6.45) is 2.95. The van der Waals surface area contributed by atoms with Gasteiger partial charge < -0.3 is 4.90 Å². The van der Waals surface area contributed by atoms with Crippen LogP contribution in [0.15, 0.2) is 34.1 Å². The van der Waals surface area contributed by atoms with Crippen molar-refractivity contribution in [3.63, 3.8) is 0 Å². The SMILES string of the molecule is NS(=O)(=O)c1ccc(S(=O)(=O)CCCN2CCCC2)cc1. The van der Waals surface area contributed by atoms with Gasteiger partial charge >= 0.3 is 0 Å². The third-order valence-electron chi connectivity index (χ3n) is 3.60. The minimum absolute atomic E-state index is 0.0677. The first-order valence-corrected chi connectivity index (χ1v) is 10.1. The number of primary sulfonamides is 1. The van der Waals surface area contributed by atoms with Crippen molar-refractivity contribution in [3.05, 3.63) is 24.3 Å². The number of hydrogen-bond donors (Lipinski definition) is 1. The molecule has 1 aliphatic heterocycles. The first kappa shape index (κ1) is 16.4. The molecule has 21 heavy (non-hydrogen) atoms. The van der Waals surface area contributed by atoms with Crippen LogP contribution < -0.4 is 5.14 Å². The summed E-state index contributed by atoms with van der Waals surface area (Å²) in [7, 11) is -7.17. The van der Waals surface area contributed by atoms with E-state index in [9.17, 15) is 16.8 Å². The molecule has 0 aliphatic carbocycles. The first-order chi connectivity index (χ1) is 9.79. The van der Waals surface area contributed by atoms with E-state index in [2.05, 4.69) is 4.90 Å². The number of hydrogen-bond acceptors (Lipinski definition) is 5. The van der Waals surface area contributed by atoms with Gasteiger partial charge in [0.15, 0.2) is 9.84 Å². The molecular formula is C13H20N2O4S2. The Balaban J connectivity index is 1.98. The van der Waals surface area contributed by atoms with Crippen LogP contribution in [-0.4, -0.2) is 47.1 Å². The Bertz CT molecular complexity index is 675. The first-order valence-electron chi connectivity index (χ1n) is 6.87. The van der Waals surface area contributed by atoms with Crippen LogP contribution in [0.5, 0.6) is 0 Å². The zero-order valence-electron chi connectivity index (χ0n) is 11.7. The smallest absolute Gasteiger partial charge is 0.238 e. The summed E-state index contributed by atoms with van der Waals surface area (Å²) in [6, 6.07) is 5.04. The minimum atomic E-state index is -3.79. The van der Waals surface area contributed by atoms with Gasteiger partial charge in [-0.3, -0.25) is 0 Å². The van der Waals surface area contributed by atoms with Gasteiger partial charge in [-0.15, -0.1) is 0 Å². The Morgan fingerprint density at radius 1 is 0.952 bits per heavy atom. The molecule has 8 heteroatoms. The van der Waals surface area contributed by atoms with Crippen molar-refractivity contribution in [2.75, 3.05) is 25.4 Å². The highest BCUT2D eigenvalue weighted by atomic mass is 32.2. The monoisotopic (exact) mass is 332 g/mol. The van der Waals surface area contributed by atoms with Gasteiger partial charge in [0.2, 0.25) is 10.0 Å². The van der Waals surface area contributed by atoms with Crippen molar-refractivity contribution in [2.24, 2.45) is 5.14 Å². The van der Waals surface area contributed by atoms with Crippen LogP contribution >= 0.6 is 0 Å². The predicted molar refractivity (Wildman–Crippen MR) is 80.2 cm³/mol. The van der Waals surface area contributed by atoms with E-state index >= 15 is 0 Å². The maximum atomic E-state index is 12.2. The molecule has 0 amide bonds. The number of nitrogens with two attached hydrogens (primary N) is 1. The lowest BCUT2D eigenvalue weighted by atomic mass is 10.4. The maximum Gasteiger partial charge on any atom is 0.238 e. The second kappa shape index (κ2) is 6.43. The zero-order chi connectivity index (χ0) is 15.5. The lowest BCUT2D eigenvalue weighted by Crippen LogP contribution is -2.22. The molecule has 1 saturated heterocycles. The molecule has 1 aromatic rings. The van der Waals surface area contributed by atoms with Gasteiger partial charge in [-0.25, -0.2) is 22.0 Å². The number of rotatable bonds is 6. The highest BCUT2D eigenvalue weighted by Crippen LogP contribution is 2.16. The highest BCUT2D eigenvalue weighted by molar-refractivity contribution is 7.91. The quantitative estimate of drug-likeness (QED) is 0.822. The molecular weight excluding hydrogens is 312 g/mol. The van der Waals surface area contributed by atoms with Gasteiger partial charge in [0, 0.05) is 0 Å². The van der Waals surface area contributed by atoms with E-state index in [0.29, 0.717) is 6.42 Å². The number of nitrogens with zero attached hydrogens (tertiary/aromatic N) is 1. The summed E-state index contributed by atoms with van der Waals surface area (Å²) in [5.74, 6) is 0.0677. The van der Waals surface area contributed by atoms with E-state index in [1.54, 1.807) is 0 Å². The van der Waals surface area contributed by atoms with Crippen LogP contribution in [0.25, 0.3) is 0 Å². The van der Waals surface area contributed by atoms with Gasteiger partial charge in [0.1, 0.15) is 0 Å². The molecule has 1 fully saturated rings. The van der Waals surface area contributed by atoms with Crippen LogP contribution in [0.3, 0.4) is 0 Å². The molecule has 1 heterocycles. The Morgan fingerprint density at radius 3 is 2.00 bits per heavy atom. The minimum Gasteiger partial charge on any atom is -0.303 e. The van der Waals surface area contributed by atoms with Crippen LogP contribution in [-0.2, 0) is 19.9 Å². The molecule has 0 saturated carbocycles. The second-order valence-electron chi connectivity index (χ2n) is 5.24. The van der Waals surface area contributed by atoms with Gasteiger partial charge in [0.25, 0.3) is 0 Å². The molecule has 0 unspecified atom stereocenters. The zero-order valence-corrected chi connectivity index (χ0v) is 13.4. The number of benzene rings is 1. The molecule has 1 aromatic carbocycles. The fourth-order valence-electron chi connectivity index (χ4n) is 2.44. The Hall–Kier alpha value is -0.960. The lowest BCUT2D eigenvalue weighted by molar-refractivity contribution is 0.340. The van der Waals surface area contributed by atoms with E-state index in [0.717, 1.165) is 19.6 Å². The molecule has 0 radical (unpaired) electrons. The van der Waals surface area contributed by atoms with Crippen LogP contribution in [0.2, 0.25) is 0 Å². The van der Waals surface area contributed by atoms with E-state index in [-0.39, 0.29) is 15.5 Å². The molecule has 118 valence electrons. The van der Waals surface area contributed by atoms with Gasteiger partial charge in [0.05, 0.1) is 15.5 Å². The van der Waals surface area contributed by atoms with Crippen LogP contribution in [0, 0.1) is 0 Å². The van der Waals surface area contributed by atoms with Crippen LogP contribution in [0.4, 0.5) is 0 Å². The van der Waals surface area contributed by atoms with Gasteiger partial charge in [-0.2, -0.15) is 0 Å². The molecule has 6 nitrogen and oxygen atoms in total. The van der Waals surface area contributed by atoms with Crippen LogP contribution in [0.1, 0.15) is 19.3 Å². The maximum absolute atomic E-state index is 12.2. The third kappa shape index (κ3) is 4.50. The summed E-state index contributed by atoms with van der Waals surface area (Å²) in [5, 5.41) is 4.98. The predicted octanol–water partition coefficient (Wildman–Crippen LogP) is 0.594. The average molecular weight is 332 g/mol. The van der Waals surface area contributed by atoms with Crippen molar-refractivity contribution in [2.45, 2.75) is 29.1 Å². The van der Waals surface area contributed by atoms with Gasteiger partial charge in [-0.1, -0.05) is 0 Å². The number of sulfonamides is 1. The largest absolute Gasteiger partial charge is 0.303 e. The normalized spacial score (nSPS) is 17.2. The van der Waals surface area contributed by atoms with Crippen molar-refractivity contribution < 1.29 is 16.8 Å².